The van der Waals surface area contributed by atoms with Crippen molar-refractivity contribution < 1.29 is 18.0 Å². The van der Waals surface area contributed by atoms with E-state index in [0.717, 1.165) is 19.4 Å². The Bertz CT molecular complexity index is 413. The van der Waals surface area contributed by atoms with Crippen LogP contribution in [0.5, 0.6) is 0 Å². The predicted molar refractivity (Wildman–Crippen MR) is 81.9 cm³/mol. The molecule has 0 aromatic heterocycles. The fraction of sp³-hybridized carbons (Fsp3) is 0.941. The van der Waals surface area contributed by atoms with Crippen molar-refractivity contribution in [3.63, 3.8) is 0 Å². The van der Waals surface area contributed by atoms with Gasteiger partial charge in [-0.1, -0.05) is 12.8 Å². The molecular weight excluding hydrogens is 305 g/mol. The van der Waals surface area contributed by atoms with Crippen molar-refractivity contribution in [2.24, 2.45) is 11.8 Å². The molecule has 3 fully saturated rings. The number of piperidine rings is 1. The molecule has 0 aromatic carbocycles. The largest absolute Gasteiger partial charge is 0.401 e. The highest BCUT2D eigenvalue weighted by atomic mass is 19.4. The Kier molecular flexibility index (Phi) is 5.19. The number of carbonyl (C=O) groups excluding carboxylic acids is 1. The molecule has 0 spiro atoms. The first-order chi connectivity index (χ1) is 10.9. The molecule has 23 heavy (non-hydrogen) atoms. The Morgan fingerprint density at radius 2 is 1.57 bits per heavy atom. The van der Waals surface area contributed by atoms with E-state index in [1.165, 1.54) is 30.6 Å². The quantitative estimate of drug-likeness (QED) is 0.790. The van der Waals surface area contributed by atoms with Crippen LogP contribution >= 0.6 is 0 Å². The van der Waals surface area contributed by atoms with Crippen molar-refractivity contribution in [1.82, 2.24) is 9.80 Å². The third-order valence-electron chi connectivity index (χ3n) is 5.87. The Morgan fingerprint density at radius 1 is 0.913 bits per heavy atom. The average Bonchev–Trinajstić information content (AvgIpc) is 3.16. The molecule has 1 aliphatic carbocycles. The van der Waals surface area contributed by atoms with Crippen molar-refractivity contribution in [3.8, 4) is 0 Å². The molecule has 0 aromatic rings. The van der Waals surface area contributed by atoms with Gasteiger partial charge in [-0.25, -0.2) is 0 Å². The lowest BCUT2D eigenvalue weighted by atomic mass is 9.92. The van der Waals surface area contributed by atoms with Crippen LogP contribution in [0.1, 0.15) is 51.4 Å². The Labute approximate surface area is 136 Å². The summed E-state index contributed by atoms with van der Waals surface area (Å²) in [4.78, 5) is 16.4. The maximum absolute atomic E-state index is 12.8. The van der Waals surface area contributed by atoms with Gasteiger partial charge in [0.1, 0.15) is 0 Å². The van der Waals surface area contributed by atoms with E-state index in [2.05, 4.69) is 4.90 Å². The van der Waals surface area contributed by atoms with E-state index in [9.17, 15) is 18.0 Å². The Hall–Kier alpha value is -0.780. The molecule has 0 bridgehead atoms. The molecule has 6 heteroatoms. The van der Waals surface area contributed by atoms with Crippen molar-refractivity contribution in [2.45, 2.75) is 63.6 Å². The summed E-state index contributed by atoms with van der Waals surface area (Å²) >= 11 is 0. The highest BCUT2D eigenvalue weighted by Crippen LogP contribution is 2.37. The van der Waals surface area contributed by atoms with E-state index in [-0.39, 0.29) is 11.8 Å². The second-order valence-corrected chi connectivity index (χ2v) is 7.45. The zero-order valence-corrected chi connectivity index (χ0v) is 13.7. The van der Waals surface area contributed by atoms with Gasteiger partial charge in [0.25, 0.3) is 0 Å². The van der Waals surface area contributed by atoms with Crippen LogP contribution in [0, 0.1) is 11.8 Å². The summed E-state index contributed by atoms with van der Waals surface area (Å²) in [5, 5.41) is 0. The molecule has 3 rings (SSSR count). The minimum absolute atomic E-state index is 0.0681. The molecular formula is C17H27F3N2O. The van der Waals surface area contributed by atoms with Crippen molar-refractivity contribution in [2.75, 3.05) is 26.2 Å². The number of rotatable bonds is 3. The summed E-state index contributed by atoms with van der Waals surface area (Å²) in [7, 11) is 0. The third kappa shape index (κ3) is 4.20. The number of amides is 1. The SMILES string of the molecule is O=C(C1CCN(CC(F)(F)F)CC1)N1CCCC1C1CCCC1. The summed E-state index contributed by atoms with van der Waals surface area (Å²) in [6.45, 7) is 0.779. The van der Waals surface area contributed by atoms with Gasteiger partial charge in [0, 0.05) is 18.5 Å². The third-order valence-corrected chi connectivity index (χ3v) is 5.87. The van der Waals surface area contributed by atoms with Gasteiger partial charge in [-0.05, 0) is 57.5 Å². The summed E-state index contributed by atoms with van der Waals surface area (Å²) in [5.74, 6) is 0.805. The average molecular weight is 332 g/mol. The van der Waals surface area contributed by atoms with Gasteiger partial charge in [0.05, 0.1) is 6.54 Å². The van der Waals surface area contributed by atoms with Crippen LogP contribution in [0.4, 0.5) is 13.2 Å². The second-order valence-electron chi connectivity index (χ2n) is 7.45. The van der Waals surface area contributed by atoms with Crippen LogP contribution in [0.3, 0.4) is 0 Å². The minimum atomic E-state index is -4.14. The van der Waals surface area contributed by atoms with E-state index in [1.807, 2.05) is 0 Å². The first kappa shape index (κ1) is 17.1. The van der Waals surface area contributed by atoms with Crippen LogP contribution in [-0.4, -0.2) is 54.1 Å². The molecule has 2 saturated heterocycles. The first-order valence-corrected chi connectivity index (χ1v) is 9.03. The molecule has 3 nitrogen and oxygen atoms in total. The predicted octanol–water partition coefficient (Wildman–Crippen LogP) is 3.44. The molecule has 1 atom stereocenters. The van der Waals surface area contributed by atoms with Crippen LogP contribution in [0.15, 0.2) is 0 Å². The summed E-state index contributed by atoms with van der Waals surface area (Å²) in [6.07, 6.45) is 4.23. The van der Waals surface area contributed by atoms with E-state index in [1.54, 1.807) is 0 Å². The molecule has 1 unspecified atom stereocenters. The smallest absolute Gasteiger partial charge is 0.339 e. The van der Waals surface area contributed by atoms with Crippen molar-refractivity contribution in [3.05, 3.63) is 0 Å². The van der Waals surface area contributed by atoms with Crippen molar-refractivity contribution in [1.29, 1.82) is 0 Å². The van der Waals surface area contributed by atoms with Gasteiger partial charge in [-0.3, -0.25) is 9.69 Å². The van der Waals surface area contributed by atoms with Crippen LogP contribution in [0.25, 0.3) is 0 Å². The maximum atomic E-state index is 12.8. The second kappa shape index (κ2) is 6.99. The van der Waals surface area contributed by atoms with E-state index in [0.29, 0.717) is 37.9 Å². The molecule has 2 aliphatic heterocycles. The topological polar surface area (TPSA) is 23.6 Å². The monoisotopic (exact) mass is 332 g/mol. The van der Waals surface area contributed by atoms with Crippen LogP contribution in [-0.2, 0) is 4.79 Å². The van der Waals surface area contributed by atoms with E-state index in [4.69, 9.17) is 0 Å². The molecule has 1 amide bonds. The number of nitrogens with zero attached hydrogens (tertiary/aromatic N) is 2. The van der Waals surface area contributed by atoms with Gasteiger partial charge in [0.2, 0.25) is 5.91 Å². The molecule has 0 N–H and O–H groups in total. The number of hydrogen-bond acceptors (Lipinski definition) is 2. The number of carbonyl (C=O) groups is 1. The van der Waals surface area contributed by atoms with Gasteiger partial charge >= 0.3 is 6.18 Å². The molecule has 1 saturated carbocycles. The molecule has 3 aliphatic rings. The summed E-state index contributed by atoms with van der Waals surface area (Å²) in [5.41, 5.74) is 0. The van der Waals surface area contributed by atoms with Gasteiger partial charge in [-0.2, -0.15) is 13.2 Å². The fourth-order valence-electron chi connectivity index (χ4n) is 4.72. The van der Waals surface area contributed by atoms with Gasteiger partial charge in [0.15, 0.2) is 0 Å². The number of halogens is 3. The highest BCUT2D eigenvalue weighted by molar-refractivity contribution is 5.79. The first-order valence-electron chi connectivity index (χ1n) is 9.03. The summed E-state index contributed by atoms with van der Waals surface area (Å²) < 4.78 is 37.3. The number of alkyl halides is 3. The van der Waals surface area contributed by atoms with Gasteiger partial charge in [-0.15, -0.1) is 0 Å². The Balaban J connectivity index is 1.52. The van der Waals surface area contributed by atoms with Gasteiger partial charge < -0.3 is 4.90 Å². The normalized spacial score (nSPS) is 28.7. The lowest BCUT2D eigenvalue weighted by molar-refractivity contribution is -0.151. The minimum Gasteiger partial charge on any atom is -0.339 e. The molecule has 132 valence electrons. The fourth-order valence-corrected chi connectivity index (χ4v) is 4.72. The highest BCUT2D eigenvalue weighted by Gasteiger charge is 2.40. The molecule has 0 radical (unpaired) electrons. The zero-order valence-electron chi connectivity index (χ0n) is 13.7. The maximum Gasteiger partial charge on any atom is 0.401 e. The van der Waals surface area contributed by atoms with Crippen LogP contribution < -0.4 is 0 Å². The lowest BCUT2D eigenvalue weighted by Crippen LogP contribution is -2.47. The Morgan fingerprint density at radius 3 is 2.17 bits per heavy atom. The standard InChI is InChI=1S/C17H27F3N2O/c18-17(19,20)12-21-10-7-14(8-11-21)16(23)22-9-3-6-15(22)13-4-1-2-5-13/h13-15H,1-12H2. The zero-order chi connectivity index (χ0) is 16.4. The van der Waals surface area contributed by atoms with Crippen molar-refractivity contribution >= 4 is 5.91 Å². The van der Waals surface area contributed by atoms with E-state index >= 15 is 0 Å². The summed E-state index contributed by atoms with van der Waals surface area (Å²) in [6, 6.07) is 0.401. The number of hydrogen-bond donors (Lipinski definition) is 0. The number of likely N-dealkylation sites (tertiary alicyclic amines) is 2. The van der Waals surface area contributed by atoms with Crippen LogP contribution in [0.2, 0.25) is 0 Å². The lowest BCUT2D eigenvalue weighted by Gasteiger charge is -2.36. The molecule has 2 heterocycles. The van der Waals surface area contributed by atoms with E-state index < -0.39 is 12.7 Å².